The predicted octanol–water partition coefficient (Wildman–Crippen LogP) is 4.86. The van der Waals surface area contributed by atoms with E-state index in [-0.39, 0.29) is 10.9 Å². The normalized spacial score (nSPS) is 13.4. The minimum absolute atomic E-state index is 0.156. The van der Waals surface area contributed by atoms with E-state index in [1.165, 1.54) is 29.5 Å². The van der Waals surface area contributed by atoms with E-state index >= 15 is 0 Å². The second kappa shape index (κ2) is 6.34. The van der Waals surface area contributed by atoms with E-state index in [0.29, 0.717) is 13.8 Å². The van der Waals surface area contributed by atoms with Crippen molar-refractivity contribution < 1.29 is 8.42 Å². The van der Waals surface area contributed by atoms with Crippen molar-refractivity contribution in [3.05, 3.63) is 49.0 Å². The molecule has 1 atom stereocenters. The summed E-state index contributed by atoms with van der Waals surface area (Å²) < 4.78 is 28.3. The molecule has 3 nitrogen and oxygen atoms in total. The molecule has 2 aromatic rings. The molecule has 20 heavy (non-hydrogen) atoms. The Hall–Kier alpha value is -0.110. The number of thiophene rings is 1. The second-order valence-corrected chi connectivity index (χ2v) is 8.78. The first-order valence-electron chi connectivity index (χ1n) is 5.52. The van der Waals surface area contributed by atoms with Crippen LogP contribution in [0.1, 0.15) is 17.8 Å². The number of rotatable bonds is 4. The number of sulfonamides is 1. The zero-order valence-corrected chi connectivity index (χ0v) is 15.0. The average Bonchev–Trinajstić information content (AvgIpc) is 2.79. The third kappa shape index (κ3) is 3.75. The first kappa shape index (κ1) is 16.3. The van der Waals surface area contributed by atoms with Gasteiger partial charge < -0.3 is 0 Å². The zero-order chi connectivity index (χ0) is 14.9. The lowest BCUT2D eigenvalue weighted by Gasteiger charge is -2.13. The largest absolute Gasteiger partial charge is 0.241 e. The van der Waals surface area contributed by atoms with E-state index in [0.717, 1.165) is 4.88 Å². The monoisotopic (exact) mass is 413 g/mol. The van der Waals surface area contributed by atoms with Crippen LogP contribution < -0.4 is 4.72 Å². The van der Waals surface area contributed by atoms with Crippen LogP contribution in [-0.2, 0) is 10.0 Å². The van der Waals surface area contributed by atoms with Gasteiger partial charge in [0, 0.05) is 9.35 Å². The summed E-state index contributed by atoms with van der Waals surface area (Å²) in [6.45, 7) is 1.77. The van der Waals surface area contributed by atoms with Crippen LogP contribution in [0.5, 0.6) is 0 Å². The summed E-state index contributed by atoms with van der Waals surface area (Å²) in [5.74, 6) is 0. The highest BCUT2D eigenvalue weighted by molar-refractivity contribution is 9.10. The maximum absolute atomic E-state index is 12.3. The Balaban J connectivity index is 2.24. The lowest BCUT2D eigenvalue weighted by Crippen LogP contribution is -2.26. The van der Waals surface area contributed by atoms with Gasteiger partial charge in [0.15, 0.2) is 0 Å². The highest BCUT2D eigenvalue weighted by Crippen LogP contribution is 2.29. The number of nitrogens with one attached hydrogen (secondary N) is 1. The summed E-state index contributed by atoms with van der Waals surface area (Å²) >= 11 is 16.3. The van der Waals surface area contributed by atoms with Gasteiger partial charge in [-0.05, 0) is 53.2 Å². The van der Waals surface area contributed by atoms with Crippen molar-refractivity contribution in [2.24, 2.45) is 0 Å². The molecule has 1 aromatic carbocycles. The standard InChI is InChI=1S/C12H10BrCl2NO2S2/c1-7(11-4-5-12(15)19-11)16-20(17,18)8-2-3-10(14)9(13)6-8/h2-7,16H,1H3. The van der Waals surface area contributed by atoms with E-state index in [2.05, 4.69) is 20.7 Å². The van der Waals surface area contributed by atoms with Crippen LogP contribution >= 0.6 is 50.5 Å². The van der Waals surface area contributed by atoms with Gasteiger partial charge in [0.05, 0.1) is 20.3 Å². The van der Waals surface area contributed by atoms with Gasteiger partial charge >= 0.3 is 0 Å². The minimum atomic E-state index is -3.61. The van der Waals surface area contributed by atoms with Crippen LogP contribution in [0.15, 0.2) is 39.7 Å². The van der Waals surface area contributed by atoms with Gasteiger partial charge in [0.2, 0.25) is 10.0 Å². The van der Waals surface area contributed by atoms with Crippen LogP contribution in [0.2, 0.25) is 9.36 Å². The van der Waals surface area contributed by atoms with Crippen molar-refractivity contribution >= 4 is 60.5 Å². The number of halogens is 3. The number of hydrogen-bond donors (Lipinski definition) is 1. The van der Waals surface area contributed by atoms with Crippen LogP contribution in [0.3, 0.4) is 0 Å². The quantitative estimate of drug-likeness (QED) is 0.776. The maximum Gasteiger partial charge on any atom is 0.241 e. The topological polar surface area (TPSA) is 46.2 Å². The SMILES string of the molecule is CC(NS(=O)(=O)c1ccc(Cl)c(Br)c1)c1ccc(Cl)s1. The Bertz CT molecular complexity index is 731. The molecular weight excluding hydrogens is 405 g/mol. The van der Waals surface area contributed by atoms with E-state index in [4.69, 9.17) is 23.2 Å². The molecule has 1 aromatic heterocycles. The molecule has 0 radical (unpaired) electrons. The zero-order valence-electron chi connectivity index (χ0n) is 10.2. The minimum Gasteiger partial charge on any atom is -0.207 e. The van der Waals surface area contributed by atoms with Crippen molar-refractivity contribution in [3.8, 4) is 0 Å². The molecule has 2 rings (SSSR count). The molecule has 0 spiro atoms. The fourth-order valence-electron chi connectivity index (χ4n) is 1.56. The Morgan fingerprint density at radius 2 is 1.95 bits per heavy atom. The molecule has 1 heterocycles. The van der Waals surface area contributed by atoms with E-state index < -0.39 is 10.0 Å². The molecule has 1 unspecified atom stereocenters. The average molecular weight is 415 g/mol. The van der Waals surface area contributed by atoms with Crippen LogP contribution in [-0.4, -0.2) is 8.42 Å². The number of benzene rings is 1. The summed E-state index contributed by atoms with van der Waals surface area (Å²) in [7, 11) is -3.61. The van der Waals surface area contributed by atoms with E-state index in [1.54, 1.807) is 19.1 Å². The molecular formula is C12H10BrCl2NO2S2. The molecule has 1 N–H and O–H groups in total. The summed E-state index contributed by atoms with van der Waals surface area (Å²) in [5, 5.41) is 0.460. The Labute approximate surface area is 140 Å². The lowest BCUT2D eigenvalue weighted by molar-refractivity contribution is 0.568. The van der Waals surface area contributed by atoms with Gasteiger partial charge in [-0.2, -0.15) is 0 Å². The Morgan fingerprint density at radius 3 is 2.50 bits per heavy atom. The highest BCUT2D eigenvalue weighted by atomic mass is 79.9. The third-order valence-corrected chi connectivity index (χ3v) is 6.72. The molecule has 0 aliphatic heterocycles. The Kier molecular flexibility index (Phi) is 5.15. The molecule has 0 saturated heterocycles. The second-order valence-electron chi connectivity index (χ2n) is 4.06. The van der Waals surface area contributed by atoms with Crippen LogP contribution in [0.4, 0.5) is 0 Å². The Morgan fingerprint density at radius 1 is 1.25 bits per heavy atom. The molecule has 0 amide bonds. The van der Waals surface area contributed by atoms with Gasteiger partial charge in [-0.25, -0.2) is 13.1 Å². The summed E-state index contributed by atoms with van der Waals surface area (Å²) in [5.41, 5.74) is 0. The van der Waals surface area contributed by atoms with Crippen molar-refractivity contribution in [1.82, 2.24) is 4.72 Å². The van der Waals surface area contributed by atoms with Gasteiger partial charge in [-0.15, -0.1) is 11.3 Å². The first-order chi connectivity index (χ1) is 9.29. The van der Waals surface area contributed by atoms with Crippen molar-refractivity contribution in [2.75, 3.05) is 0 Å². The van der Waals surface area contributed by atoms with Gasteiger partial charge in [0.1, 0.15) is 0 Å². The fraction of sp³-hybridized carbons (Fsp3) is 0.167. The summed E-state index contributed by atoms with van der Waals surface area (Å²) in [6.07, 6.45) is 0. The molecule has 0 bridgehead atoms. The maximum atomic E-state index is 12.3. The number of hydrogen-bond acceptors (Lipinski definition) is 3. The van der Waals surface area contributed by atoms with Gasteiger partial charge in [0.25, 0.3) is 0 Å². The van der Waals surface area contributed by atoms with Crippen LogP contribution in [0, 0.1) is 0 Å². The van der Waals surface area contributed by atoms with Gasteiger partial charge in [-0.1, -0.05) is 23.2 Å². The van der Waals surface area contributed by atoms with Gasteiger partial charge in [-0.3, -0.25) is 0 Å². The molecule has 0 saturated carbocycles. The smallest absolute Gasteiger partial charge is 0.207 e. The molecule has 8 heteroatoms. The summed E-state index contributed by atoms with van der Waals surface area (Å²) in [4.78, 5) is 1.01. The van der Waals surface area contributed by atoms with Crippen molar-refractivity contribution in [1.29, 1.82) is 0 Å². The molecule has 0 fully saturated rings. The van der Waals surface area contributed by atoms with E-state index in [1.807, 2.05) is 0 Å². The highest BCUT2D eigenvalue weighted by Gasteiger charge is 2.20. The molecule has 108 valence electrons. The van der Waals surface area contributed by atoms with Crippen LogP contribution in [0.25, 0.3) is 0 Å². The van der Waals surface area contributed by atoms with E-state index in [9.17, 15) is 8.42 Å². The van der Waals surface area contributed by atoms with Crippen molar-refractivity contribution in [2.45, 2.75) is 17.9 Å². The predicted molar refractivity (Wildman–Crippen MR) is 87.2 cm³/mol. The first-order valence-corrected chi connectivity index (χ1v) is 9.37. The molecule has 0 aliphatic rings. The third-order valence-electron chi connectivity index (χ3n) is 2.55. The van der Waals surface area contributed by atoms with Crippen molar-refractivity contribution in [3.63, 3.8) is 0 Å². The lowest BCUT2D eigenvalue weighted by atomic mass is 10.3. The molecule has 0 aliphatic carbocycles. The fourth-order valence-corrected chi connectivity index (χ4v) is 4.60. The summed E-state index contributed by atoms with van der Waals surface area (Å²) in [6, 6.07) is 7.66.